The highest BCUT2D eigenvalue weighted by Crippen LogP contribution is 2.42. The van der Waals surface area contributed by atoms with Crippen molar-refractivity contribution in [3.05, 3.63) is 91.1 Å². The van der Waals surface area contributed by atoms with E-state index < -0.39 is 0 Å². The predicted molar refractivity (Wildman–Crippen MR) is 370 cm³/mol. The van der Waals surface area contributed by atoms with E-state index in [1.807, 2.05) is 76.5 Å². The van der Waals surface area contributed by atoms with Gasteiger partial charge in [-0.15, -0.1) is 15.3 Å². The van der Waals surface area contributed by atoms with Crippen molar-refractivity contribution in [2.75, 3.05) is 103 Å². The van der Waals surface area contributed by atoms with Crippen LogP contribution >= 0.6 is 0 Å². The minimum atomic E-state index is -0.191. The van der Waals surface area contributed by atoms with Crippen molar-refractivity contribution in [3.63, 3.8) is 0 Å². The number of methoxy groups -OCH3 is 3. The van der Waals surface area contributed by atoms with Gasteiger partial charge in [-0.1, -0.05) is 19.8 Å². The highest BCUT2D eigenvalue weighted by Gasteiger charge is 2.30. The van der Waals surface area contributed by atoms with Gasteiger partial charge in [-0.3, -0.25) is 18.9 Å². The van der Waals surface area contributed by atoms with E-state index in [2.05, 4.69) is 111 Å². The lowest BCUT2D eigenvalue weighted by Crippen LogP contribution is -2.38. The molecular formula is C70H101N19O7. The van der Waals surface area contributed by atoms with E-state index in [0.717, 1.165) is 173 Å². The van der Waals surface area contributed by atoms with Crippen molar-refractivity contribution in [2.45, 2.75) is 178 Å². The number of aliphatic hydroxyl groups is 2. The van der Waals surface area contributed by atoms with Gasteiger partial charge in [0.25, 0.3) is 0 Å². The fourth-order valence-electron chi connectivity index (χ4n) is 14.5. The molecule has 0 radical (unpaired) electrons. The number of morpholine rings is 1. The Morgan fingerprint density at radius 2 is 0.896 bits per heavy atom. The fourth-order valence-corrected chi connectivity index (χ4v) is 14.5. The summed E-state index contributed by atoms with van der Waals surface area (Å²) in [7, 11) is 7.03. The molecule has 5 N–H and O–H groups in total. The maximum atomic E-state index is 10.0. The van der Waals surface area contributed by atoms with Crippen LogP contribution in [0.4, 0.5) is 17.8 Å². The number of fused-ring (bicyclic) bond motifs is 3. The van der Waals surface area contributed by atoms with Gasteiger partial charge in [0.05, 0.1) is 112 Å². The number of anilines is 3. The molecular weight excluding hydrogens is 1220 g/mol. The average Bonchev–Trinajstić information content (AvgIpc) is 1.63. The molecule has 0 bridgehead atoms. The summed E-state index contributed by atoms with van der Waals surface area (Å²) < 4.78 is 38.8. The second-order valence-electron chi connectivity index (χ2n) is 27.5. The third kappa shape index (κ3) is 16.7. The molecule has 26 nitrogen and oxygen atoms in total. The number of hydrogen-bond acceptors (Lipinski definition) is 20. The Morgan fingerprint density at radius 3 is 1.33 bits per heavy atom. The Bertz CT molecular complexity index is 3890. The molecule has 0 amide bonds. The van der Waals surface area contributed by atoms with E-state index in [9.17, 15) is 10.2 Å². The molecule has 0 aromatic carbocycles. The standard InChI is InChI=1S/C25H37N7O3.C24H34N6O3.C21H30N6O/c1-18(17-34-2)28-25-26-15-24-22(13-23(32(24)29-25)19-3-5-21(33)6-4-19)20-14-27-31(16-20)8-7-30-9-11-35-12-10-30;1-16(15-32-2)27-24-25-13-23-21(18-12-26-29(14-18)19-7-9-33-10-8-19)11-22(30(23)28-24)17-3-5-20(31)6-4-17;1-14-5-7-16(8-6-14)19-9-18(17-10-23-26(3)12-17)20-11-22-21(25-27(19)20)24-15(2)13-28-4/h13-16,18-19,21,33H,3-12,17H2,1-2H3,(H,28,29);11-14,16-17,19-20,31H,3-10,15H2,1-2H3,(H,27,28);9-12,14-16H,5-8,13H2,1-4H3,(H,24,25)/t18-,19?,21?;16-,17?,20?;14?,15-,16?/m000/s1. The van der Waals surface area contributed by atoms with Gasteiger partial charge in [0, 0.05) is 166 Å². The molecule has 2 saturated heterocycles. The van der Waals surface area contributed by atoms with E-state index in [1.54, 1.807) is 21.3 Å². The highest BCUT2D eigenvalue weighted by atomic mass is 16.5. The number of aryl methyl sites for hydroxylation is 1. The van der Waals surface area contributed by atoms with Gasteiger partial charge >= 0.3 is 0 Å². The second kappa shape index (κ2) is 32.3. The van der Waals surface area contributed by atoms with E-state index in [-0.39, 0.29) is 30.3 Å². The van der Waals surface area contributed by atoms with E-state index in [0.29, 0.717) is 61.5 Å². The molecule has 14 rings (SSSR count). The predicted octanol–water partition coefficient (Wildman–Crippen LogP) is 9.67. The molecule has 0 unspecified atom stereocenters. The molecule has 0 spiro atoms. The minimum absolute atomic E-state index is 0.102. The summed E-state index contributed by atoms with van der Waals surface area (Å²) >= 11 is 0. The summed E-state index contributed by atoms with van der Waals surface area (Å²) in [4.78, 5) is 16.2. The maximum absolute atomic E-state index is 10.0. The van der Waals surface area contributed by atoms with Crippen molar-refractivity contribution in [1.29, 1.82) is 0 Å². The third-order valence-electron chi connectivity index (χ3n) is 19.9. The van der Waals surface area contributed by atoms with Crippen LogP contribution in [0.1, 0.15) is 158 Å². The molecule has 5 aliphatic rings. The Morgan fingerprint density at radius 1 is 0.490 bits per heavy atom. The molecule has 5 fully saturated rings. The topological polar surface area (TPSA) is 270 Å². The molecule has 9 aromatic heterocycles. The van der Waals surface area contributed by atoms with Crippen LogP contribution in [-0.2, 0) is 37.3 Å². The van der Waals surface area contributed by atoms with Crippen LogP contribution < -0.4 is 16.0 Å². The van der Waals surface area contributed by atoms with Gasteiger partial charge in [-0.05, 0) is 122 Å². The van der Waals surface area contributed by atoms with Crippen LogP contribution in [0, 0.1) is 5.92 Å². The zero-order valence-corrected chi connectivity index (χ0v) is 57.5. The summed E-state index contributed by atoms with van der Waals surface area (Å²) in [6.45, 7) is 17.3. The second-order valence-corrected chi connectivity index (χ2v) is 27.5. The van der Waals surface area contributed by atoms with Gasteiger partial charge in [0.2, 0.25) is 17.8 Å². The van der Waals surface area contributed by atoms with Gasteiger partial charge in [-0.2, -0.15) is 15.3 Å². The number of hydrogen-bond donors (Lipinski definition) is 5. The molecule has 3 saturated carbocycles. The normalized spacial score (nSPS) is 22.3. The molecule has 3 aliphatic carbocycles. The Hall–Kier alpha value is -7.43. The summed E-state index contributed by atoms with van der Waals surface area (Å²) in [6.07, 6.45) is 31.6. The van der Waals surface area contributed by atoms with E-state index in [4.69, 9.17) is 39.0 Å². The molecule has 9 aromatic rings. The minimum Gasteiger partial charge on any atom is -0.393 e. The lowest BCUT2D eigenvalue weighted by molar-refractivity contribution is 0.0360. The summed E-state index contributed by atoms with van der Waals surface area (Å²) in [5.41, 5.74) is 13.2. The van der Waals surface area contributed by atoms with E-state index in [1.165, 1.54) is 42.8 Å². The molecule has 11 heterocycles. The fraction of sp³-hybridized carbons (Fsp3) is 0.614. The molecule has 3 atom stereocenters. The number of nitrogens with one attached hydrogen (secondary N) is 3. The summed E-state index contributed by atoms with van der Waals surface area (Å²) in [5.74, 6) is 3.88. The van der Waals surface area contributed by atoms with Crippen LogP contribution in [0.25, 0.3) is 49.9 Å². The number of nitrogens with zero attached hydrogens (tertiary/aromatic N) is 16. The number of rotatable bonds is 22. The van der Waals surface area contributed by atoms with Crippen LogP contribution in [-0.4, -0.2) is 206 Å². The van der Waals surface area contributed by atoms with Crippen LogP contribution in [0.15, 0.2) is 74.0 Å². The zero-order chi connectivity index (χ0) is 66.7. The average molecular weight is 1320 g/mol. The van der Waals surface area contributed by atoms with Crippen molar-refractivity contribution >= 4 is 34.4 Å². The lowest BCUT2D eigenvalue weighted by Gasteiger charge is -2.26. The number of ether oxygens (including phenoxy) is 5. The third-order valence-corrected chi connectivity index (χ3v) is 19.9. The van der Waals surface area contributed by atoms with Crippen LogP contribution in [0.3, 0.4) is 0 Å². The molecule has 26 heteroatoms. The largest absolute Gasteiger partial charge is 0.393 e. The first-order chi connectivity index (χ1) is 46.8. The summed E-state index contributed by atoms with van der Waals surface area (Å²) in [5, 5.41) is 58.3. The Kier molecular flexibility index (Phi) is 23.0. The van der Waals surface area contributed by atoms with Gasteiger partial charge in [-0.25, -0.2) is 28.5 Å². The number of aliphatic hydroxyl groups excluding tert-OH is 2. The zero-order valence-electron chi connectivity index (χ0n) is 57.5. The first kappa shape index (κ1) is 68.5. The first-order valence-electron chi connectivity index (χ1n) is 35.0. The highest BCUT2D eigenvalue weighted by molar-refractivity contribution is 5.83. The maximum Gasteiger partial charge on any atom is 0.241 e. The Balaban J connectivity index is 0.000000138. The van der Waals surface area contributed by atoms with Crippen LogP contribution in [0.2, 0.25) is 0 Å². The summed E-state index contributed by atoms with van der Waals surface area (Å²) in [6, 6.07) is 7.53. The Labute approximate surface area is 562 Å². The van der Waals surface area contributed by atoms with Crippen molar-refractivity contribution in [3.8, 4) is 33.4 Å². The van der Waals surface area contributed by atoms with Gasteiger partial charge in [0.15, 0.2) is 0 Å². The monoisotopic (exact) mass is 1320 g/mol. The SMILES string of the molecule is COC[C@H](C)Nc1ncc2c(-c3cnn(C)c3)cc(C3CCC(C)CC3)n2n1.COC[C@H](C)Nc1ncc2c(-c3cnn(C4CCOCC4)c3)cc(C3CCC(O)CC3)n2n1.COC[C@H](C)Nc1ncc2c(-c3cnn(CCN4CCOCC4)c3)cc(C3CCC(O)CC3)n2n1. The molecule has 96 heavy (non-hydrogen) atoms. The van der Waals surface area contributed by atoms with Gasteiger partial charge in [0.1, 0.15) is 0 Å². The smallest absolute Gasteiger partial charge is 0.241 e. The quantitative estimate of drug-likeness (QED) is 0.0422. The van der Waals surface area contributed by atoms with Gasteiger partial charge < -0.3 is 49.8 Å². The van der Waals surface area contributed by atoms with Crippen molar-refractivity contribution in [1.82, 2.24) is 78.0 Å². The van der Waals surface area contributed by atoms with Crippen LogP contribution in [0.5, 0.6) is 0 Å². The number of aromatic nitrogens is 15. The first-order valence-corrected chi connectivity index (χ1v) is 35.0. The van der Waals surface area contributed by atoms with E-state index >= 15 is 0 Å². The lowest BCUT2D eigenvalue weighted by atomic mass is 9.81. The van der Waals surface area contributed by atoms with Crippen molar-refractivity contribution in [2.24, 2.45) is 13.0 Å². The van der Waals surface area contributed by atoms with Crippen molar-refractivity contribution < 1.29 is 33.9 Å². The molecule has 518 valence electrons. The molecule has 2 aliphatic heterocycles.